The fourth-order valence-electron chi connectivity index (χ4n) is 1.15. The lowest BCUT2D eigenvalue weighted by molar-refractivity contribution is 0.0627. The Hall–Kier alpha value is -1.82. The number of ether oxygens (including phenoxy) is 1. The summed E-state index contributed by atoms with van der Waals surface area (Å²) in [6.45, 7) is 5.84. The van der Waals surface area contributed by atoms with Crippen LogP contribution in [0, 0.1) is 12.8 Å². The number of carbonyl (C=O) groups is 2. The lowest BCUT2D eigenvalue weighted by Gasteiger charge is -2.14. The first-order chi connectivity index (χ1) is 7.91. The van der Waals surface area contributed by atoms with Crippen LogP contribution in [0.1, 0.15) is 29.9 Å². The van der Waals surface area contributed by atoms with E-state index in [4.69, 9.17) is 10.6 Å². The van der Waals surface area contributed by atoms with Crippen LogP contribution in [-0.4, -0.2) is 28.6 Å². The minimum atomic E-state index is -0.851. The highest BCUT2D eigenvalue weighted by atomic mass is 16.6. The summed E-state index contributed by atoms with van der Waals surface area (Å²) in [7, 11) is 0. The average Bonchev–Trinajstić information content (AvgIpc) is 2.70. The van der Waals surface area contributed by atoms with Gasteiger partial charge in [0.1, 0.15) is 5.69 Å². The van der Waals surface area contributed by atoms with Crippen molar-refractivity contribution in [2.75, 3.05) is 6.61 Å². The highest BCUT2D eigenvalue weighted by Gasteiger charge is 2.22. The van der Waals surface area contributed by atoms with Gasteiger partial charge in [-0.25, -0.2) is 10.6 Å². The number of carbonyl (C=O) groups excluding carboxylic acids is 2. The number of aromatic amines is 1. The van der Waals surface area contributed by atoms with Crippen molar-refractivity contribution in [2.45, 2.75) is 20.8 Å². The lowest BCUT2D eigenvalue weighted by atomic mass is 10.2. The van der Waals surface area contributed by atoms with E-state index in [1.54, 1.807) is 12.3 Å². The number of nitrogens with two attached hydrogens (primary N) is 1. The van der Waals surface area contributed by atoms with Crippen LogP contribution in [0.2, 0.25) is 0 Å². The van der Waals surface area contributed by atoms with Crippen LogP contribution in [0.4, 0.5) is 4.79 Å². The second kappa shape index (κ2) is 5.49. The molecule has 2 amide bonds. The number of nitrogens with zero attached hydrogens (tertiary/aromatic N) is 1. The molecule has 0 aliphatic carbocycles. The minimum Gasteiger partial charge on any atom is -0.448 e. The highest BCUT2D eigenvalue weighted by molar-refractivity contribution is 6.01. The van der Waals surface area contributed by atoms with Gasteiger partial charge in [0, 0.05) is 6.20 Å². The molecule has 6 nitrogen and oxygen atoms in total. The van der Waals surface area contributed by atoms with Crippen molar-refractivity contribution < 1.29 is 14.3 Å². The number of H-pyrrole nitrogens is 1. The summed E-state index contributed by atoms with van der Waals surface area (Å²) in [5, 5.41) is 0.466. The Kier molecular flexibility index (Phi) is 4.28. The first-order valence-electron chi connectivity index (χ1n) is 5.32. The first kappa shape index (κ1) is 13.2. The van der Waals surface area contributed by atoms with Crippen molar-refractivity contribution in [2.24, 2.45) is 11.8 Å². The highest BCUT2D eigenvalue weighted by Crippen LogP contribution is 2.05. The SMILES string of the molecule is Cc1c[nH]c(C(=O)N(N)C(=O)OCC(C)C)c1. The van der Waals surface area contributed by atoms with Crippen molar-refractivity contribution in [3.8, 4) is 0 Å². The standard InChI is InChI=1S/C11H17N3O3/c1-7(2)6-17-11(16)14(12)10(15)9-4-8(3)5-13-9/h4-5,7,13H,6,12H2,1-3H3. The molecule has 0 aliphatic rings. The molecule has 1 heterocycles. The summed E-state index contributed by atoms with van der Waals surface area (Å²) in [6.07, 6.45) is 0.802. The van der Waals surface area contributed by atoms with Gasteiger partial charge in [-0.05, 0) is 24.5 Å². The zero-order chi connectivity index (χ0) is 13.0. The quantitative estimate of drug-likeness (QED) is 0.474. The lowest BCUT2D eigenvalue weighted by Crippen LogP contribution is -2.43. The Morgan fingerprint density at radius 2 is 2.18 bits per heavy atom. The summed E-state index contributed by atoms with van der Waals surface area (Å²) in [5.41, 5.74) is 1.14. The number of aromatic nitrogens is 1. The van der Waals surface area contributed by atoms with Crippen molar-refractivity contribution in [1.29, 1.82) is 0 Å². The third kappa shape index (κ3) is 3.60. The zero-order valence-electron chi connectivity index (χ0n) is 10.2. The molecule has 0 saturated heterocycles. The Morgan fingerprint density at radius 1 is 1.53 bits per heavy atom. The van der Waals surface area contributed by atoms with Gasteiger partial charge in [0.25, 0.3) is 5.91 Å². The van der Waals surface area contributed by atoms with Crippen LogP contribution in [0.3, 0.4) is 0 Å². The predicted molar refractivity (Wildman–Crippen MR) is 62.1 cm³/mol. The second-order valence-corrected chi connectivity index (χ2v) is 4.24. The Bertz CT molecular complexity index is 412. The smallest absolute Gasteiger partial charge is 0.431 e. The molecule has 1 aromatic heterocycles. The molecule has 0 aromatic carbocycles. The van der Waals surface area contributed by atoms with Crippen molar-refractivity contribution >= 4 is 12.0 Å². The molecular weight excluding hydrogens is 222 g/mol. The molecule has 6 heteroatoms. The summed E-state index contributed by atoms with van der Waals surface area (Å²) < 4.78 is 4.84. The van der Waals surface area contributed by atoms with Crippen LogP contribution in [-0.2, 0) is 4.74 Å². The number of aryl methyl sites for hydroxylation is 1. The third-order valence-corrected chi connectivity index (χ3v) is 2.01. The number of hydrogen-bond donors (Lipinski definition) is 2. The third-order valence-electron chi connectivity index (χ3n) is 2.01. The van der Waals surface area contributed by atoms with E-state index in [9.17, 15) is 9.59 Å². The average molecular weight is 239 g/mol. The van der Waals surface area contributed by atoms with Crippen LogP contribution >= 0.6 is 0 Å². The molecule has 0 spiro atoms. The molecule has 0 radical (unpaired) electrons. The number of imide groups is 1. The van der Waals surface area contributed by atoms with Crippen LogP contribution in [0.25, 0.3) is 0 Å². The molecular formula is C11H17N3O3. The van der Waals surface area contributed by atoms with Gasteiger partial charge in [-0.1, -0.05) is 13.8 Å². The van der Waals surface area contributed by atoms with E-state index in [0.29, 0.717) is 5.01 Å². The second-order valence-electron chi connectivity index (χ2n) is 4.24. The molecule has 0 bridgehead atoms. The normalized spacial score (nSPS) is 10.4. The van der Waals surface area contributed by atoms with E-state index in [-0.39, 0.29) is 18.2 Å². The summed E-state index contributed by atoms with van der Waals surface area (Å²) in [6, 6.07) is 1.61. The van der Waals surface area contributed by atoms with Gasteiger partial charge in [0.05, 0.1) is 6.61 Å². The van der Waals surface area contributed by atoms with Gasteiger partial charge in [0.2, 0.25) is 0 Å². The van der Waals surface area contributed by atoms with E-state index in [1.807, 2.05) is 20.8 Å². The van der Waals surface area contributed by atoms with Crippen molar-refractivity contribution in [3.05, 3.63) is 23.5 Å². The van der Waals surface area contributed by atoms with E-state index in [2.05, 4.69) is 4.98 Å². The maximum Gasteiger partial charge on any atom is 0.431 e. The van der Waals surface area contributed by atoms with Gasteiger partial charge in [0.15, 0.2) is 0 Å². The fraction of sp³-hybridized carbons (Fsp3) is 0.455. The molecule has 0 saturated carbocycles. The molecule has 0 atom stereocenters. The number of hydrazine groups is 1. The van der Waals surface area contributed by atoms with Crippen LogP contribution in [0.5, 0.6) is 0 Å². The first-order valence-corrected chi connectivity index (χ1v) is 5.32. The monoisotopic (exact) mass is 239 g/mol. The number of rotatable bonds is 3. The molecule has 3 N–H and O–H groups in total. The van der Waals surface area contributed by atoms with E-state index < -0.39 is 12.0 Å². The maximum atomic E-state index is 11.7. The van der Waals surface area contributed by atoms with Crippen molar-refractivity contribution in [3.63, 3.8) is 0 Å². The van der Waals surface area contributed by atoms with Crippen LogP contribution < -0.4 is 5.84 Å². The van der Waals surface area contributed by atoms with E-state index in [0.717, 1.165) is 5.56 Å². The zero-order valence-corrected chi connectivity index (χ0v) is 10.2. The van der Waals surface area contributed by atoms with Gasteiger partial charge in [-0.2, -0.15) is 5.01 Å². The maximum absolute atomic E-state index is 11.7. The van der Waals surface area contributed by atoms with Gasteiger partial charge in [-0.15, -0.1) is 0 Å². The van der Waals surface area contributed by atoms with E-state index >= 15 is 0 Å². The number of nitrogens with one attached hydrogen (secondary N) is 1. The number of amides is 2. The molecule has 0 fully saturated rings. The Morgan fingerprint density at radius 3 is 2.65 bits per heavy atom. The van der Waals surface area contributed by atoms with Gasteiger partial charge in [-0.3, -0.25) is 4.79 Å². The Balaban J connectivity index is 2.60. The topological polar surface area (TPSA) is 88.4 Å². The molecule has 0 aliphatic heterocycles. The molecule has 1 aromatic rings. The van der Waals surface area contributed by atoms with E-state index in [1.165, 1.54) is 0 Å². The molecule has 0 unspecified atom stereocenters. The largest absolute Gasteiger partial charge is 0.448 e. The fourth-order valence-corrected chi connectivity index (χ4v) is 1.15. The Labute approximate surface area is 99.7 Å². The summed E-state index contributed by atoms with van der Waals surface area (Å²) in [4.78, 5) is 25.9. The summed E-state index contributed by atoms with van der Waals surface area (Å²) >= 11 is 0. The molecule has 17 heavy (non-hydrogen) atoms. The molecule has 94 valence electrons. The summed E-state index contributed by atoms with van der Waals surface area (Å²) in [5.74, 6) is 4.95. The van der Waals surface area contributed by atoms with Crippen molar-refractivity contribution in [1.82, 2.24) is 9.99 Å². The van der Waals surface area contributed by atoms with Crippen LogP contribution in [0.15, 0.2) is 12.3 Å². The minimum absolute atomic E-state index is 0.190. The van der Waals surface area contributed by atoms with Gasteiger partial charge < -0.3 is 9.72 Å². The predicted octanol–water partition coefficient (Wildman–Crippen LogP) is 1.43. The van der Waals surface area contributed by atoms with Gasteiger partial charge >= 0.3 is 6.09 Å². The molecule has 1 rings (SSSR count). The number of hydrogen-bond acceptors (Lipinski definition) is 4.